The fraction of sp³-hybridized carbons (Fsp3) is 0.226. The van der Waals surface area contributed by atoms with Crippen LogP contribution in [0.5, 0.6) is 0 Å². The zero-order chi connectivity index (χ0) is 24.6. The molecule has 0 radical (unpaired) electrons. The van der Waals surface area contributed by atoms with E-state index >= 15 is 0 Å². The Kier molecular flexibility index (Phi) is 5.68. The Bertz CT molecular complexity index is 1440. The van der Waals surface area contributed by atoms with Gasteiger partial charge in [0.05, 0.1) is 5.56 Å². The van der Waals surface area contributed by atoms with E-state index in [4.69, 9.17) is 4.52 Å². The summed E-state index contributed by atoms with van der Waals surface area (Å²) in [4.78, 5) is 13.6. The molecule has 1 aliphatic heterocycles. The van der Waals surface area contributed by atoms with Crippen molar-refractivity contribution in [2.75, 3.05) is 18.0 Å². The molecule has 1 N–H and O–H groups in total. The quantitative estimate of drug-likeness (QED) is 0.310. The summed E-state index contributed by atoms with van der Waals surface area (Å²) in [6.45, 7) is 4.05. The van der Waals surface area contributed by atoms with Crippen LogP contribution in [0, 0.1) is 12.8 Å². The monoisotopic (exact) mass is 476 g/mol. The van der Waals surface area contributed by atoms with Gasteiger partial charge in [-0.15, -0.1) is 0 Å². The van der Waals surface area contributed by atoms with Gasteiger partial charge in [0.25, 0.3) is 0 Å². The van der Waals surface area contributed by atoms with Crippen LogP contribution >= 0.6 is 0 Å². The molecule has 6 rings (SSSR count). The maximum atomic E-state index is 11.3. The highest BCUT2D eigenvalue weighted by Gasteiger charge is 2.32. The van der Waals surface area contributed by atoms with Crippen LogP contribution in [0.1, 0.15) is 46.0 Å². The number of anilines is 1. The fourth-order valence-electron chi connectivity index (χ4n) is 4.92. The Labute approximate surface area is 210 Å². The molecular weight excluding hydrogens is 448 g/mol. The molecule has 1 saturated carbocycles. The summed E-state index contributed by atoms with van der Waals surface area (Å²) in [5, 5.41) is 13.7. The predicted octanol–water partition coefficient (Wildman–Crippen LogP) is 7.04. The van der Waals surface area contributed by atoms with Crippen molar-refractivity contribution in [1.82, 2.24) is 5.16 Å². The molecule has 180 valence electrons. The van der Waals surface area contributed by atoms with Crippen molar-refractivity contribution in [2.24, 2.45) is 5.92 Å². The average Bonchev–Trinajstić information content (AvgIpc) is 3.63. The second-order valence-electron chi connectivity index (χ2n) is 9.86. The summed E-state index contributed by atoms with van der Waals surface area (Å²) in [6.07, 6.45) is 6.89. The van der Waals surface area contributed by atoms with Crippen molar-refractivity contribution in [3.63, 3.8) is 0 Å². The van der Waals surface area contributed by atoms with Crippen molar-refractivity contribution in [3.05, 3.63) is 101 Å². The third-order valence-corrected chi connectivity index (χ3v) is 7.22. The lowest BCUT2D eigenvalue weighted by atomic mass is 9.95. The normalized spacial score (nSPS) is 15.9. The minimum absolute atomic E-state index is 0.303. The lowest BCUT2D eigenvalue weighted by molar-refractivity contribution is 0.0697. The second-order valence-corrected chi connectivity index (χ2v) is 9.86. The van der Waals surface area contributed by atoms with E-state index in [1.54, 1.807) is 18.2 Å². The maximum absolute atomic E-state index is 11.3. The number of benzene rings is 3. The minimum Gasteiger partial charge on any atom is -0.478 e. The number of carboxylic acids is 1. The van der Waals surface area contributed by atoms with Crippen LogP contribution in [0.4, 0.5) is 5.69 Å². The van der Waals surface area contributed by atoms with Gasteiger partial charge in [-0.05, 0) is 60.7 Å². The van der Waals surface area contributed by atoms with E-state index in [0.29, 0.717) is 17.4 Å². The van der Waals surface area contributed by atoms with Gasteiger partial charge in [-0.2, -0.15) is 0 Å². The molecule has 4 aromatic rings. The molecule has 3 aromatic carbocycles. The van der Waals surface area contributed by atoms with Gasteiger partial charge in [-0.25, -0.2) is 4.79 Å². The first-order valence-electron chi connectivity index (χ1n) is 12.5. The first-order valence-corrected chi connectivity index (χ1v) is 12.5. The zero-order valence-electron chi connectivity index (χ0n) is 20.2. The molecule has 0 bridgehead atoms. The van der Waals surface area contributed by atoms with E-state index in [-0.39, 0.29) is 0 Å². The van der Waals surface area contributed by atoms with Crippen LogP contribution in [0.15, 0.2) is 83.4 Å². The van der Waals surface area contributed by atoms with Crippen molar-refractivity contribution in [1.29, 1.82) is 0 Å². The largest absolute Gasteiger partial charge is 0.478 e. The molecule has 1 aromatic heterocycles. The number of nitrogens with zero attached hydrogens (tertiary/aromatic N) is 2. The summed E-state index contributed by atoms with van der Waals surface area (Å²) >= 11 is 0. The van der Waals surface area contributed by atoms with Gasteiger partial charge in [0, 0.05) is 41.7 Å². The number of aromatic carboxylic acids is 1. The van der Waals surface area contributed by atoms with Crippen LogP contribution in [0.2, 0.25) is 0 Å². The van der Waals surface area contributed by atoms with E-state index < -0.39 is 5.97 Å². The number of hydrogen-bond donors (Lipinski definition) is 1. The maximum Gasteiger partial charge on any atom is 0.335 e. The number of hydrogen-bond acceptors (Lipinski definition) is 4. The van der Waals surface area contributed by atoms with Gasteiger partial charge in [0.1, 0.15) is 11.5 Å². The third kappa shape index (κ3) is 4.33. The van der Waals surface area contributed by atoms with Crippen molar-refractivity contribution < 1.29 is 14.4 Å². The van der Waals surface area contributed by atoms with E-state index in [2.05, 4.69) is 77.7 Å². The van der Waals surface area contributed by atoms with Crippen molar-refractivity contribution in [2.45, 2.75) is 25.7 Å². The molecule has 2 fully saturated rings. The van der Waals surface area contributed by atoms with E-state index in [1.807, 2.05) is 6.07 Å². The smallest absolute Gasteiger partial charge is 0.335 e. The van der Waals surface area contributed by atoms with Crippen LogP contribution in [-0.4, -0.2) is 29.3 Å². The van der Waals surface area contributed by atoms with Gasteiger partial charge >= 0.3 is 5.97 Å². The molecular formula is C31H28N2O3. The lowest BCUT2D eigenvalue weighted by Gasteiger charge is -2.39. The van der Waals surface area contributed by atoms with Gasteiger partial charge in [-0.3, -0.25) is 0 Å². The Morgan fingerprint density at radius 3 is 2.50 bits per heavy atom. The Balaban J connectivity index is 1.15. The molecule has 36 heavy (non-hydrogen) atoms. The van der Waals surface area contributed by atoms with Gasteiger partial charge in [0.2, 0.25) is 0 Å². The summed E-state index contributed by atoms with van der Waals surface area (Å²) in [6, 6.07) is 23.8. The average molecular weight is 477 g/mol. The highest BCUT2D eigenvalue weighted by atomic mass is 16.5. The van der Waals surface area contributed by atoms with Gasteiger partial charge < -0.3 is 14.5 Å². The first kappa shape index (κ1) is 22.4. The Morgan fingerprint density at radius 1 is 1.00 bits per heavy atom. The topological polar surface area (TPSA) is 66.6 Å². The Hall–Kier alpha value is -4.12. The third-order valence-electron chi connectivity index (χ3n) is 7.22. The van der Waals surface area contributed by atoms with E-state index in [1.165, 1.54) is 24.1 Å². The SMILES string of the molecule is Cc1ccccc1-c1noc(C2CC2)c1/C=C/C1CN(c2ccc(-c3cccc(C(=O)O)c3)cc2)C1. The number of rotatable bonds is 7. The number of carbonyl (C=O) groups is 1. The number of aromatic nitrogens is 1. The minimum atomic E-state index is -0.908. The highest BCUT2D eigenvalue weighted by Crippen LogP contribution is 2.45. The highest BCUT2D eigenvalue weighted by molar-refractivity contribution is 5.89. The molecule has 2 heterocycles. The van der Waals surface area contributed by atoms with Gasteiger partial charge in [-0.1, -0.05) is 65.8 Å². The summed E-state index contributed by atoms with van der Waals surface area (Å²) in [7, 11) is 0. The summed E-state index contributed by atoms with van der Waals surface area (Å²) in [5.74, 6) is 1.10. The van der Waals surface area contributed by atoms with E-state index in [0.717, 1.165) is 46.8 Å². The molecule has 5 nitrogen and oxygen atoms in total. The Morgan fingerprint density at radius 2 is 1.78 bits per heavy atom. The van der Waals surface area contributed by atoms with Crippen molar-refractivity contribution in [3.8, 4) is 22.4 Å². The van der Waals surface area contributed by atoms with Crippen molar-refractivity contribution >= 4 is 17.7 Å². The van der Waals surface area contributed by atoms with E-state index in [9.17, 15) is 9.90 Å². The number of aryl methyl sites for hydroxylation is 1. The summed E-state index contributed by atoms with van der Waals surface area (Å²) < 4.78 is 5.83. The van der Waals surface area contributed by atoms with Crippen LogP contribution in [-0.2, 0) is 0 Å². The standard InChI is InChI=1S/C31H28N2O3/c1-20-5-2-3-8-27(20)29-28(30(36-32-29)23-10-11-23)16-9-21-18-33(19-21)26-14-12-22(13-15-26)24-6-4-7-25(17-24)31(34)35/h2-9,12-17,21,23H,10-11,18-19H2,1H3,(H,34,35)/b16-9+. The lowest BCUT2D eigenvalue weighted by Crippen LogP contribution is -2.45. The molecule has 0 amide bonds. The fourth-order valence-corrected chi connectivity index (χ4v) is 4.92. The molecule has 2 aliphatic rings. The molecule has 0 atom stereocenters. The van der Waals surface area contributed by atoms with Crippen LogP contribution in [0.3, 0.4) is 0 Å². The van der Waals surface area contributed by atoms with Crippen LogP contribution < -0.4 is 4.90 Å². The summed E-state index contributed by atoms with van der Waals surface area (Å²) in [5.41, 5.74) is 7.84. The zero-order valence-corrected chi connectivity index (χ0v) is 20.2. The number of carboxylic acid groups (broad SMARTS) is 1. The van der Waals surface area contributed by atoms with Gasteiger partial charge in [0.15, 0.2) is 0 Å². The van der Waals surface area contributed by atoms with Crippen LogP contribution in [0.25, 0.3) is 28.5 Å². The second kappa shape index (κ2) is 9.15. The molecule has 1 aliphatic carbocycles. The molecule has 5 heteroatoms. The molecule has 0 unspecified atom stereocenters. The molecule has 1 saturated heterocycles. The molecule has 0 spiro atoms. The first-order chi connectivity index (χ1) is 17.6. The predicted molar refractivity (Wildman–Crippen MR) is 142 cm³/mol.